The smallest absolute Gasteiger partial charge is 0.111 e. The van der Waals surface area contributed by atoms with Gasteiger partial charge in [-0.2, -0.15) is 11.8 Å². The van der Waals surface area contributed by atoms with Gasteiger partial charge in [0.15, 0.2) is 0 Å². The number of hydrogen-bond acceptors (Lipinski definition) is 2. The van der Waals surface area contributed by atoms with Gasteiger partial charge in [-0.25, -0.2) is 4.98 Å². The van der Waals surface area contributed by atoms with Gasteiger partial charge in [-0.1, -0.05) is 19.1 Å². The molecule has 18 heavy (non-hydrogen) atoms. The van der Waals surface area contributed by atoms with Crippen LogP contribution in [0.1, 0.15) is 25.2 Å². The third-order valence-electron chi connectivity index (χ3n) is 3.18. The predicted molar refractivity (Wildman–Crippen MR) is 81.9 cm³/mol. The van der Waals surface area contributed by atoms with Crippen molar-refractivity contribution < 1.29 is 0 Å². The first-order chi connectivity index (χ1) is 8.81. The molecule has 0 aliphatic carbocycles. The highest BCUT2D eigenvalue weighted by molar-refractivity contribution is 7.98. The van der Waals surface area contributed by atoms with Gasteiger partial charge in [0, 0.05) is 24.1 Å². The molecule has 98 valence electrons. The molecule has 0 spiro atoms. The number of imidazole rings is 1. The highest BCUT2D eigenvalue weighted by Gasteiger charge is 2.16. The van der Waals surface area contributed by atoms with E-state index in [1.54, 1.807) is 0 Å². The van der Waals surface area contributed by atoms with Gasteiger partial charge in [0.25, 0.3) is 0 Å². The van der Waals surface area contributed by atoms with Crippen LogP contribution in [0.2, 0.25) is 0 Å². The lowest BCUT2D eigenvalue weighted by atomic mass is 10.2. The predicted octanol–water partition coefficient (Wildman–Crippen LogP) is 4.13. The molecule has 0 aliphatic rings. The summed E-state index contributed by atoms with van der Waals surface area (Å²) in [6.07, 6.45) is 4.11. The van der Waals surface area contributed by atoms with Gasteiger partial charge in [0.1, 0.15) is 5.82 Å². The molecule has 0 radical (unpaired) electrons. The minimum absolute atomic E-state index is 0.505. The summed E-state index contributed by atoms with van der Waals surface area (Å²) in [5, 5.41) is 0. The standard InChI is InChI=1S/C14H19ClN2S/c1-3-11(10-18-2)17-13-7-5-4-6-12(13)16-14(17)8-9-15/h4-7,11H,3,8-10H2,1-2H3. The van der Waals surface area contributed by atoms with Crippen LogP contribution in [0.5, 0.6) is 0 Å². The third kappa shape index (κ3) is 2.67. The van der Waals surface area contributed by atoms with E-state index in [-0.39, 0.29) is 0 Å². The number of halogens is 1. The van der Waals surface area contributed by atoms with E-state index in [4.69, 9.17) is 16.6 Å². The Morgan fingerprint density at radius 1 is 1.39 bits per heavy atom. The van der Waals surface area contributed by atoms with Crippen LogP contribution in [-0.2, 0) is 6.42 Å². The molecule has 1 aromatic heterocycles. The van der Waals surface area contributed by atoms with E-state index in [2.05, 4.69) is 35.9 Å². The molecule has 1 unspecified atom stereocenters. The fourth-order valence-corrected chi connectivity index (χ4v) is 3.27. The summed E-state index contributed by atoms with van der Waals surface area (Å²) < 4.78 is 2.38. The molecule has 0 N–H and O–H groups in total. The van der Waals surface area contributed by atoms with Crippen LogP contribution in [0, 0.1) is 0 Å². The lowest BCUT2D eigenvalue weighted by Gasteiger charge is -2.19. The van der Waals surface area contributed by atoms with E-state index >= 15 is 0 Å². The summed E-state index contributed by atoms with van der Waals surface area (Å²) >= 11 is 7.79. The first-order valence-corrected chi connectivity index (χ1v) is 8.25. The van der Waals surface area contributed by atoms with E-state index in [0.29, 0.717) is 11.9 Å². The van der Waals surface area contributed by atoms with Crippen molar-refractivity contribution in [2.24, 2.45) is 0 Å². The van der Waals surface area contributed by atoms with Crippen LogP contribution >= 0.6 is 23.4 Å². The number of nitrogens with zero attached hydrogens (tertiary/aromatic N) is 2. The largest absolute Gasteiger partial charge is 0.324 e. The van der Waals surface area contributed by atoms with Crippen molar-refractivity contribution in [3.63, 3.8) is 0 Å². The molecule has 0 saturated heterocycles. The Morgan fingerprint density at radius 3 is 2.83 bits per heavy atom. The van der Waals surface area contributed by atoms with Crippen molar-refractivity contribution in [2.45, 2.75) is 25.8 Å². The number of alkyl halides is 1. The number of para-hydroxylation sites is 2. The Kier molecular flexibility index (Phi) is 4.95. The van der Waals surface area contributed by atoms with Gasteiger partial charge in [-0.05, 0) is 24.8 Å². The number of aromatic nitrogens is 2. The number of thioether (sulfide) groups is 1. The summed E-state index contributed by atoms with van der Waals surface area (Å²) in [6.45, 7) is 2.24. The maximum absolute atomic E-state index is 5.90. The van der Waals surface area contributed by atoms with E-state index in [0.717, 1.165) is 29.9 Å². The topological polar surface area (TPSA) is 17.8 Å². The van der Waals surface area contributed by atoms with Crippen molar-refractivity contribution in [3.8, 4) is 0 Å². The van der Waals surface area contributed by atoms with Gasteiger partial charge >= 0.3 is 0 Å². The molecule has 1 heterocycles. The van der Waals surface area contributed by atoms with Crippen molar-refractivity contribution in [1.29, 1.82) is 0 Å². The number of rotatable bonds is 6. The SMILES string of the molecule is CCC(CSC)n1c(CCCl)nc2ccccc21. The fourth-order valence-electron chi connectivity index (χ4n) is 2.33. The average molecular weight is 283 g/mol. The molecular weight excluding hydrogens is 264 g/mol. The fraction of sp³-hybridized carbons (Fsp3) is 0.500. The van der Waals surface area contributed by atoms with Crippen LogP contribution in [0.4, 0.5) is 0 Å². The number of benzene rings is 1. The number of hydrogen-bond donors (Lipinski definition) is 0. The van der Waals surface area contributed by atoms with Crippen LogP contribution in [0.15, 0.2) is 24.3 Å². The van der Waals surface area contributed by atoms with Gasteiger partial charge < -0.3 is 4.57 Å². The van der Waals surface area contributed by atoms with Crippen LogP contribution in [0.25, 0.3) is 11.0 Å². The minimum atomic E-state index is 0.505. The van der Waals surface area contributed by atoms with Gasteiger partial charge in [-0.15, -0.1) is 11.6 Å². The first-order valence-electron chi connectivity index (χ1n) is 6.32. The molecule has 1 aromatic carbocycles. The summed E-state index contributed by atoms with van der Waals surface area (Å²) in [5.74, 6) is 2.86. The molecule has 1 atom stereocenters. The Balaban J connectivity index is 2.52. The van der Waals surface area contributed by atoms with E-state index in [1.807, 2.05) is 17.8 Å². The lowest BCUT2D eigenvalue weighted by molar-refractivity contribution is 0.533. The highest BCUT2D eigenvalue weighted by atomic mass is 35.5. The molecule has 2 aromatic rings. The highest BCUT2D eigenvalue weighted by Crippen LogP contribution is 2.25. The minimum Gasteiger partial charge on any atom is -0.324 e. The third-order valence-corrected chi connectivity index (χ3v) is 4.09. The molecule has 0 saturated carbocycles. The summed E-state index contributed by atoms with van der Waals surface area (Å²) in [4.78, 5) is 4.72. The zero-order valence-corrected chi connectivity index (χ0v) is 12.5. The van der Waals surface area contributed by atoms with Crippen molar-refractivity contribution >= 4 is 34.4 Å². The van der Waals surface area contributed by atoms with Crippen LogP contribution in [0.3, 0.4) is 0 Å². The first kappa shape index (κ1) is 13.8. The normalized spacial score (nSPS) is 13.1. The summed E-state index contributed by atoms with van der Waals surface area (Å²) in [7, 11) is 0. The van der Waals surface area contributed by atoms with Crippen LogP contribution < -0.4 is 0 Å². The zero-order valence-electron chi connectivity index (χ0n) is 10.9. The Bertz CT molecular complexity index is 509. The Labute approximate surface area is 118 Å². The number of fused-ring (bicyclic) bond motifs is 1. The maximum Gasteiger partial charge on any atom is 0.111 e. The van der Waals surface area contributed by atoms with Crippen molar-refractivity contribution in [3.05, 3.63) is 30.1 Å². The van der Waals surface area contributed by atoms with Crippen molar-refractivity contribution in [2.75, 3.05) is 17.9 Å². The average Bonchev–Trinajstić information content (AvgIpc) is 2.74. The molecule has 2 nitrogen and oxygen atoms in total. The molecule has 0 fully saturated rings. The molecule has 0 bridgehead atoms. The molecule has 4 heteroatoms. The van der Waals surface area contributed by atoms with Gasteiger partial charge in [0.05, 0.1) is 11.0 Å². The quantitative estimate of drug-likeness (QED) is 0.742. The van der Waals surface area contributed by atoms with E-state index in [9.17, 15) is 0 Å². The molecule has 2 rings (SSSR count). The molecular formula is C14H19ClN2S. The van der Waals surface area contributed by atoms with E-state index in [1.165, 1.54) is 5.52 Å². The van der Waals surface area contributed by atoms with Gasteiger partial charge in [-0.3, -0.25) is 0 Å². The molecule has 0 aliphatic heterocycles. The second kappa shape index (κ2) is 6.48. The maximum atomic E-state index is 5.90. The number of aryl methyl sites for hydroxylation is 1. The van der Waals surface area contributed by atoms with E-state index < -0.39 is 0 Å². The summed E-state index contributed by atoms with van der Waals surface area (Å²) in [6, 6.07) is 8.86. The second-order valence-corrected chi connectivity index (χ2v) is 5.63. The monoisotopic (exact) mass is 282 g/mol. The van der Waals surface area contributed by atoms with Crippen molar-refractivity contribution in [1.82, 2.24) is 9.55 Å². The zero-order chi connectivity index (χ0) is 13.0. The van der Waals surface area contributed by atoms with Gasteiger partial charge in [0.2, 0.25) is 0 Å². The molecule has 0 amide bonds. The lowest BCUT2D eigenvalue weighted by Crippen LogP contribution is -2.14. The summed E-state index contributed by atoms with van der Waals surface area (Å²) in [5.41, 5.74) is 2.32. The second-order valence-electron chi connectivity index (χ2n) is 4.34. The van der Waals surface area contributed by atoms with Crippen LogP contribution in [-0.4, -0.2) is 27.4 Å². The Morgan fingerprint density at radius 2 is 2.17 bits per heavy atom. The Hall–Kier alpha value is -0.670.